The average molecular weight is 360 g/mol. The zero-order valence-electron chi connectivity index (χ0n) is 14.9. The van der Waals surface area contributed by atoms with Crippen LogP contribution in [0, 0.1) is 5.92 Å². The van der Waals surface area contributed by atoms with Gasteiger partial charge in [0.15, 0.2) is 5.76 Å². The van der Waals surface area contributed by atoms with E-state index in [0.29, 0.717) is 30.5 Å². The molecule has 1 fully saturated rings. The van der Waals surface area contributed by atoms with Crippen LogP contribution >= 0.6 is 0 Å². The predicted octanol–water partition coefficient (Wildman–Crippen LogP) is 2.10. The Bertz CT molecular complexity index is 709. The molecule has 1 aliphatic heterocycles. The lowest BCUT2D eigenvalue weighted by molar-refractivity contribution is -0.120. The molecule has 0 aliphatic carbocycles. The van der Waals surface area contributed by atoms with E-state index in [1.807, 2.05) is 24.3 Å². The fourth-order valence-corrected chi connectivity index (χ4v) is 2.82. The number of amides is 1. The first-order valence-corrected chi connectivity index (χ1v) is 8.73. The number of nitrogens with zero attached hydrogens (tertiary/aromatic N) is 1. The highest BCUT2D eigenvalue weighted by Gasteiger charge is 2.17. The van der Waals surface area contributed by atoms with Crippen LogP contribution in [-0.4, -0.2) is 37.9 Å². The van der Waals surface area contributed by atoms with Crippen LogP contribution in [-0.2, 0) is 33.9 Å². The predicted molar refractivity (Wildman–Crippen MR) is 93.6 cm³/mol. The van der Waals surface area contributed by atoms with Crippen molar-refractivity contribution < 1.29 is 23.5 Å². The number of carbonyl (C=O) groups is 1. The second-order valence-electron chi connectivity index (χ2n) is 6.30. The van der Waals surface area contributed by atoms with Crippen molar-refractivity contribution in [1.29, 1.82) is 0 Å². The molecule has 3 rings (SSSR count). The standard InChI is InChI=1S/C19H24N2O5/c1-23-18-5-3-2-4-15(18)12-25-13-17-8-16(21-26-17)9-19(22)20-10-14-6-7-24-11-14/h2-5,8,14H,6-7,9-13H2,1H3,(H,20,22). The van der Waals surface area contributed by atoms with Crippen LogP contribution < -0.4 is 10.1 Å². The first kappa shape index (κ1) is 18.4. The van der Waals surface area contributed by atoms with Gasteiger partial charge in [-0.2, -0.15) is 0 Å². The molecule has 1 aliphatic rings. The zero-order chi connectivity index (χ0) is 18.2. The van der Waals surface area contributed by atoms with Crippen LogP contribution in [0.4, 0.5) is 0 Å². The summed E-state index contributed by atoms with van der Waals surface area (Å²) in [4.78, 5) is 12.0. The summed E-state index contributed by atoms with van der Waals surface area (Å²) in [5.74, 6) is 1.73. The fourth-order valence-electron chi connectivity index (χ4n) is 2.82. The minimum absolute atomic E-state index is 0.0632. The Balaban J connectivity index is 1.40. The maximum absolute atomic E-state index is 12.0. The molecular formula is C19H24N2O5. The molecule has 0 radical (unpaired) electrons. The zero-order valence-corrected chi connectivity index (χ0v) is 14.9. The molecule has 0 bridgehead atoms. The van der Waals surface area contributed by atoms with Gasteiger partial charge in [-0.3, -0.25) is 4.79 Å². The summed E-state index contributed by atoms with van der Waals surface area (Å²) in [7, 11) is 1.63. The second-order valence-corrected chi connectivity index (χ2v) is 6.30. The molecule has 7 nitrogen and oxygen atoms in total. The van der Waals surface area contributed by atoms with E-state index >= 15 is 0 Å². The van der Waals surface area contributed by atoms with Gasteiger partial charge in [-0.1, -0.05) is 23.4 Å². The summed E-state index contributed by atoms with van der Waals surface area (Å²) in [5, 5.41) is 6.84. The quantitative estimate of drug-likeness (QED) is 0.737. The van der Waals surface area contributed by atoms with Crippen LogP contribution in [0.1, 0.15) is 23.4 Å². The molecule has 1 atom stereocenters. The monoisotopic (exact) mass is 360 g/mol. The minimum atomic E-state index is -0.0632. The maximum atomic E-state index is 12.0. The highest BCUT2D eigenvalue weighted by molar-refractivity contribution is 5.78. The van der Waals surface area contributed by atoms with E-state index in [1.54, 1.807) is 13.2 Å². The van der Waals surface area contributed by atoms with Crippen molar-refractivity contribution in [2.75, 3.05) is 26.9 Å². The molecule has 2 heterocycles. The Morgan fingerprint density at radius 2 is 2.23 bits per heavy atom. The van der Waals surface area contributed by atoms with Gasteiger partial charge in [0.1, 0.15) is 12.4 Å². The Kier molecular flexibility index (Phi) is 6.62. The lowest BCUT2D eigenvalue weighted by Gasteiger charge is -2.08. The topological polar surface area (TPSA) is 82.8 Å². The normalized spacial score (nSPS) is 16.6. The van der Waals surface area contributed by atoms with Crippen molar-refractivity contribution in [2.24, 2.45) is 5.92 Å². The van der Waals surface area contributed by atoms with Gasteiger partial charge in [-0.25, -0.2) is 0 Å². The third-order valence-electron chi connectivity index (χ3n) is 4.26. The van der Waals surface area contributed by atoms with Gasteiger partial charge in [0, 0.05) is 30.7 Å². The van der Waals surface area contributed by atoms with Crippen LogP contribution in [0.5, 0.6) is 5.75 Å². The van der Waals surface area contributed by atoms with E-state index in [9.17, 15) is 4.79 Å². The molecule has 26 heavy (non-hydrogen) atoms. The number of methoxy groups -OCH3 is 1. The van der Waals surface area contributed by atoms with Crippen molar-refractivity contribution in [3.8, 4) is 5.75 Å². The molecule has 7 heteroatoms. The molecule has 1 aromatic carbocycles. The van der Waals surface area contributed by atoms with E-state index in [0.717, 1.165) is 30.9 Å². The fraction of sp³-hybridized carbons (Fsp3) is 0.474. The number of hydrogen-bond donors (Lipinski definition) is 1. The Labute approximate surface area is 152 Å². The lowest BCUT2D eigenvalue weighted by atomic mass is 10.1. The Morgan fingerprint density at radius 1 is 1.35 bits per heavy atom. The Hall–Kier alpha value is -2.38. The summed E-state index contributed by atoms with van der Waals surface area (Å²) < 4.78 is 21.5. The van der Waals surface area contributed by atoms with Crippen LogP contribution in [0.15, 0.2) is 34.9 Å². The van der Waals surface area contributed by atoms with Gasteiger partial charge < -0.3 is 24.1 Å². The Morgan fingerprint density at radius 3 is 3.04 bits per heavy atom. The van der Waals surface area contributed by atoms with E-state index in [2.05, 4.69) is 10.5 Å². The summed E-state index contributed by atoms with van der Waals surface area (Å²) >= 11 is 0. The first-order valence-electron chi connectivity index (χ1n) is 8.73. The van der Waals surface area contributed by atoms with Crippen molar-refractivity contribution in [2.45, 2.75) is 26.1 Å². The van der Waals surface area contributed by atoms with Crippen molar-refractivity contribution in [1.82, 2.24) is 10.5 Å². The van der Waals surface area contributed by atoms with Crippen molar-refractivity contribution >= 4 is 5.91 Å². The van der Waals surface area contributed by atoms with E-state index in [1.165, 1.54) is 0 Å². The molecule has 0 spiro atoms. The van der Waals surface area contributed by atoms with Gasteiger partial charge in [0.05, 0.1) is 32.4 Å². The van der Waals surface area contributed by atoms with E-state index in [-0.39, 0.29) is 18.9 Å². The summed E-state index contributed by atoms with van der Waals surface area (Å²) in [6.07, 6.45) is 1.20. The number of carbonyl (C=O) groups excluding carboxylic acids is 1. The largest absolute Gasteiger partial charge is 0.496 e. The van der Waals surface area contributed by atoms with Crippen molar-refractivity contribution in [3.63, 3.8) is 0 Å². The number of nitrogens with one attached hydrogen (secondary N) is 1. The van der Waals surface area contributed by atoms with Crippen molar-refractivity contribution in [3.05, 3.63) is 47.3 Å². The van der Waals surface area contributed by atoms with Gasteiger partial charge in [-0.05, 0) is 12.5 Å². The van der Waals surface area contributed by atoms with Gasteiger partial charge in [-0.15, -0.1) is 0 Å². The summed E-state index contributed by atoms with van der Waals surface area (Å²) in [5.41, 5.74) is 1.56. The summed E-state index contributed by atoms with van der Waals surface area (Å²) in [6, 6.07) is 9.44. The minimum Gasteiger partial charge on any atom is -0.496 e. The first-order chi connectivity index (χ1) is 12.7. The number of benzene rings is 1. The summed E-state index contributed by atoms with van der Waals surface area (Å²) in [6.45, 7) is 2.83. The molecule has 140 valence electrons. The van der Waals surface area contributed by atoms with Gasteiger partial charge >= 0.3 is 0 Å². The van der Waals surface area contributed by atoms with Crippen LogP contribution in [0.25, 0.3) is 0 Å². The maximum Gasteiger partial charge on any atom is 0.226 e. The average Bonchev–Trinajstić information content (AvgIpc) is 3.32. The molecule has 0 saturated carbocycles. The highest BCUT2D eigenvalue weighted by Crippen LogP contribution is 2.19. The van der Waals surface area contributed by atoms with Gasteiger partial charge in [0.25, 0.3) is 0 Å². The molecule has 1 N–H and O–H groups in total. The smallest absolute Gasteiger partial charge is 0.226 e. The number of rotatable bonds is 9. The highest BCUT2D eigenvalue weighted by atomic mass is 16.5. The molecule has 2 aromatic rings. The van der Waals surface area contributed by atoms with E-state index in [4.69, 9.17) is 18.7 Å². The third kappa shape index (κ3) is 5.31. The number of hydrogen-bond acceptors (Lipinski definition) is 6. The molecule has 1 aromatic heterocycles. The SMILES string of the molecule is COc1ccccc1COCc1cc(CC(=O)NCC2CCOC2)no1. The lowest BCUT2D eigenvalue weighted by Crippen LogP contribution is -2.30. The van der Waals surface area contributed by atoms with Crippen LogP contribution in [0.3, 0.4) is 0 Å². The second kappa shape index (κ2) is 9.35. The molecular weight excluding hydrogens is 336 g/mol. The molecule has 1 amide bonds. The molecule has 1 unspecified atom stereocenters. The number of ether oxygens (including phenoxy) is 3. The number of para-hydroxylation sites is 1. The molecule has 1 saturated heterocycles. The third-order valence-corrected chi connectivity index (χ3v) is 4.26. The van der Waals surface area contributed by atoms with E-state index < -0.39 is 0 Å². The number of aromatic nitrogens is 1. The van der Waals surface area contributed by atoms with Gasteiger partial charge in [0.2, 0.25) is 5.91 Å². The van der Waals surface area contributed by atoms with Crippen LogP contribution in [0.2, 0.25) is 0 Å².